The molecule has 0 aliphatic carbocycles. The van der Waals surface area contributed by atoms with Gasteiger partial charge in [0.15, 0.2) is 0 Å². The van der Waals surface area contributed by atoms with Crippen molar-refractivity contribution in [1.82, 2.24) is 10.3 Å². The second kappa shape index (κ2) is 5.31. The average molecular weight is 287 g/mol. The largest absolute Gasteiger partial charge is 0.346 e. The van der Waals surface area contributed by atoms with Crippen molar-refractivity contribution < 1.29 is 9.59 Å². The van der Waals surface area contributed by atoms with Crippen LogP contribution in [0.3, 0.4) is 0 Å². The third kappa shape index (κ3) is 2.68. The van der Waals surface area contributed by atoms with Crippen molar-refractivity contribution in [3.05, 3.63) is 34.4 Å². The third-order valence-corrected chi connectivity index (χ3v) is 3.99. The van der Waals surface area contributed by atoms with E-state index in [1.807, 2.05) is 27.7 Å². The van der Waals surface area contributed by atoms with Gasteiger partial charge in [0.1, 0.15) is 5.54 Å². The molecule has 1 unspecified atom stereocenters. The standard InChI is InChI=1S/C16H21N3O2/c1-6-16(5)14(20)19(15(21)18-16)17-9-13-11(3)7-10(2)8-12(13)4/h7-9H,6H2,1-5H3,(H,18,21)/b17-9+. The van der Waals surface area contributed by atoms with E-state index in [-0.39, 0.29) is 5.91 Å². The van der Waals surface area contributed by atoms with Crippen molar-refractivity contribution in [3.63, 3.8) is 0 Å². The van der Waals surface area contributed by atoms with E-state index >= 15 is 0 Å². The number of carbonyl (C=O) groups excluding carboxylic acids is 2. The van der Waals surface area contributed by atoms with Gasteiger partial charge >= 0.3 is 6.03 Å². The van der Waals surface area contributed by atoms with E-state index in [1.54, 1.807) is 13.1 Å². The van der Waals surface area contributed by atoms with Gasteiger partial charge in [0, 0.05) is 5.56 Å². The van der Waals surface area contributed by atoms with Gasteiger partial charge in [-0.15, -0.1) is 5.01 Å². The zero-order valence-electron chi connectivity index (χ0n) is 13.2. The Hall–Kier alpha value is -2.17. The normalized spacial score (nSPS) is 22.2. The summed E-state index contributed by atoms with van der Waals surface area (Å²) in [7, 11) is 0. The number of carbonyl (C=O) groups is 2. The first-order chi connectivity index (χ1) is 9.78. The summed E-state index contributed by atoms with van der Waals surface area (Å²) in [5, 5.41) is 7.69. The number of hydrogen-bond donors (Lipinski definition) is 1. The summed E-state index contributed by atoms with van der Waals surface area (Å²) in [6.07, 6.45) is 2.12. The van der Waals surface area contributed by atoms with E-state index in [0.29, 0.717) is 6.42 Å². The first-order valence-corrected chi connectivity index (χ1v) is 7.07. The minimum Gasteiger partial charge on any atom is -0.322 e. The highest BCUT2D eigenvalue weighted by atomic mass is 16.2. The van der Waals surface area contributed by atoms with Gasteiger partial charge in [-0.1, -0.05) is 24.6 Å². The van der Waals surface area contributed by atoms with Gasteiger partial charge in [0.2, 0.25) is 0 Å². The number of nitrogens with one attached hydrogen (secondary N) is 1. The number of rotatable bonds is 3. The number of hydrazone groups is 1. The van der Waals surface area contributed by atoms with Crippen LogP contribution in [0.15, 0.2) is 17.2 Å². The molecular formula is C16H21N3O2. The highest BCUT2D eigenvalue weighted by Crippen LogP contribution is 2.21. The molecule has 5 heteroatoms. The zero-order valence-corrected chi connectivity index (χ0v) is 13.2. The maximum atomic E-state index is 12.2. The third-order valence-electron chi connectivity index (χ3n) is 3.99. The van der Waals surface area contributed by atoms with Crippen molar-refractivity contribution in [2.24, 2.45) is 5.10 Å². The molecule has 3 amide bonds. The summed E-state index contributed by atoms with van der Waals surface area (Å²) >= 11 is 0. The van der Waals surface area contributed by atoms with Crippen LogP contribution in [0.2, 0.25) is 0 Å². The maximum absolute atomic E-state index is 12.2. The average Bonchev–Trinajstić information content (AvgIpc) is 2.61. The lowest BCUT2D eigenvalue weighted by Gasteiger charge is -2.17. The first kappa shape index (κ1) is 15.2. The number of aryl methyl sites for hydroxylation is 3. The quantitative estimate of drug-likeness (QED) is 0.686. The van der Waals surface area contributed by atoms with Gasteiger partial charge in [0.05, 0.1) is 6.21 Å². The summed E-state index contributed by atoms with van der Waals surface area (Å²) < 4.78 is 0. The molecule has 1 aliphatic rings. The fraction of sp³-hybridized carbons (Fsp3) is 0.438. The number of urea groups is 1. The predicted molar refractivity (Wildman–Crippen MR) is 82.3 cm³/mol. The fourth-order valence-corrected chi connectivity index (χ4v) is 2.52. The Bertz CT molecular complexity index is 613. The van der Waals surface area contributed by atoms with Crippen molar-refractivity contribution in [2.45, 2.75) is 46.6 Å². The smallest absolute Gasteiger partial charge is 0.322 e. The summed E-state index contributed by atoms with van der Waals surface area (Å²) in [6, 6.07) is 3.63. The van der Waals surface area contributed by atoms with Crippen LogP contribution in [-0.2, 0) is 4.79 Å². The topological polar surface area (TPSA) is 61.8 Å². The Kier molecular flexibility index (Phi) is 3.85. The van der Waals surface area contributed by atoms with E-state index in [1.165, 1.54) is 5.56 Å². The molecule has 5 nitrogen and oxygen atoms in total. The van der Waals surface area contributed by atoms with Gasteiger partial charge in [-0.05, 0) is 45.2 Å². The molecular weight excluding hydrogens is 266 g/mol. The summed E-state index contributed by atoms with van der Waals surface area (Å²) in [4.78, 5) is 24.1. The molecule has 0 spiro atoms. The van der Waals surface area contributed by atoms with Crippen LogP contribution >= 0.6 is 0 Å². The van der Waals surface area contributed by atoms with Gasteiger partial charge in [-0.2, -0.15) is 5.10 Å². The molecule has 1 heterocycles. The Balaban J connectivity index is 2.31. The monoisotopic (exact) mass is 287 g/mol. The van der Waals surface area contributed by atoms with Crippen LogP contribution in [0.25, 0.3) is 0 Å². The lowest BCUT2D eigenvalue weighted by molar-refractivity contribution is -0.130. The second-order valence-corrected chi connectivity index (χ2v) is 5.79. The van der Waals surface area contributed by atoms with Gasteiger partial charge in [-0.25, -0.2) is 4.79 Å². The van der Waals surface area contributed by atoms with Crippen molar-refractivity contribution in [2.75, 3.05) is 0 Å². The molecule has 0 bridgehead atoms. The van der Waals surface area contributed by atoms with E-state index in [9.17, 15) is 9.59 Å². The molecule has 1 aromatic carbocycles. The molecule has 1 saturated heterocycles. The van der Waals surface area contributed by atoms with Crippen molar-refractivity contribution >= 4 is 18.2 Å². The minimum atomic E-state index is -0.855. The molecule has 112 valence electrons. The van der Waals surface area contributed by atoms with Crippen LogP contribution in [0, 0.1) is 20.8 Å². The van der Waals surface area contributed by atoms with Crippen molar-refractivity contribution in [1.29, 1.82) is 0 Å². The van der Waals surface area contributed by atoms with E-state index in [4.69, 9.17) is 0 Å². The van der Waals surface area contributed by atoms with Crippen LogP contribution < -0.4 is 5.32 Å². The molecule has 1 fully saturated rings. The number of benzene rings is 1. The Morgan fingerprint density at radius 2 is 1.81 bits per heavy atom. The van der Waals surface area contributed by atoms with Crippen LogP contribution in [0.4, 0.5) is 4.79 Å². The molecule has 1 aliphatic heterocycles. The predicted octanol–water partition coefficient (Wildman–Crippen LogP) is 2.67. The zero-order chi connectivity index (χ0) is 15.8. The van der Waals surface area contributed by atoms with Crippen LogP contribution in [0.1, 0.15) is 42.5 Å². The second-order valence-electron chi connectivity index (χ2n) is 5.79. The molecule has 2 rings (SSSR count). The van der Waals surface area contributed by atoms with Crippen LogP contribution in [-0.4, -0.2) is 28.7 Å². The Labute approximate surface area is 125 Å². The van der Waals surface area contributed by atoms with Crippen molar-refractivity contribution in [3.8, 4) is 0 Å². The molecule has 1 aromatic rings. The van der Waals surface area contributed by atoms with Crippen LogP contribution in [0.5, 0.6) is 0 Å². The highest BCUT2D eigenvalue weighted by Gasteiger charge is 2.46. The van der Waals surface area contributed by atoms with Gasteiger partial charge in [-0.3, -0.25) is 4.79 Å². The molecule has 21 heavy (non-hydrogen) atoms. The summed E-state index contributed by atoms with van der Waals surface area (Å²) in [6.45, 7) is 9.59. The first-order valence-electron chi connectivity index (χ1n) is 7.07. The van der Waals surface area contributed by atoms with E-state index < -0.39 is 11.6 Å². The molecule has 1 N–H and O–H groups in total. The molecule has 0 aromatic heterocycles. The maximum Gasteiger partial charge on any atom is 0.346 e. The molecule has 0 radical (unpaired) electrons. The summed E-state index contributed by atoms with van der Waals surface area (Å²) in [5.74, 6) is -0.311. The lowest BCUT2D eigenvalue weighted by atomic mass is 10.00. The lowest BCUT2D eigenvalue weighted by Crippen LogP contribution is -2.42. The summed E-state index contributed by atoms with van der Waals surface area (Å²) in [5.41, 5.74) is 3.40. The number of nitrogens with zero attached hydrogens (tertiary/aromatic N) is 2. The Morgan fingerprint density at radius 3 is 2.29 bits per heavy atom. The van der Waals surface area contributed by atoms with Gasteiger partial charge < -0.3 is 5.32 Å². The van der Waals surface area contributed by atoms with E-state index in [0.717, 1.165) is 21.7 Å². The number of hydrogen-bond acceptors (Lipinski definition) is 3. The SMILES string of the molecule is CCC1(C)NC(=O)N(/N=C/c2c(C)cc(C)cc2C)C1=O. The fourth-order valence-electron chi connectivity index (χ4n) is 2.52. The number of imide groups is 1. The number of amides is 3. The Morgan fingerprint density at radius 1 is 1.24 bits per heavy atom. The highest BCUT2D eigenvalue weighted by molar-refractivity contribution is 6.07. The molecule has 1 atom stereocenters. The minimum absolute atomic E-state index is 0.311. The van der Waals surface area contributed by atoms with E-state index in [2.05, 4.69) is 22.6 Å². The van der Waals surface area contributed by atoms with Gasteiger partial charge in [0.25, 0.3) is 5.91 Å². The molecule has 0 saturated carbocycles.